The molecule has 0 aliphatic rings. The van der Waals surface area contributed by atoms with Crippen molar-refractivity contribution in [2.24, 2.45) is 0 Å². The molecule has 0 radical (unpaired) electrons. The summed E-state index contributed by atoms with van der Waals surface area (Å²) >= 11 is 0. The van der Waals surface area contributed by atoms with Crippen LogP contribution >= 0.6 is 0 Å². The van der Waals surface area contributed by atoms with Gasteiger partial charge in [-0.05, 0) is 12.1 Å². The number of anilines is 2. The van der Waals surface area contributed by atoms with Crippen molar-refractivity contribution in [2.45, 2.75) is 6.54 Å². The highest BCUT2D eigenvalue weighted by molar-refractivity contribution is 6.07. The van der Waals surface area contributed by atoms with Gasteiger partial charge >= 0.3 is 0 Å². The molecule has 0 amide bonds. The Morgan fingerprint density at radius 3 is 3.04 bits per heavy atom. The van der Waals surface area contributed by atoms with Gasteiger partial charge in [-0.1, -0.05) is 0 Å². The third kappa shape index (κ3) is 3.14. The van der Waals surface area contributed by atoms with Gasteiger partial charge in [-0.2, -0.15) is 5.10 Å². The van der Waals surface area contributed by atoms with Gasteiger partial charge in [-0.15, -0.1) is 0 Å². The maximum atomic E-state index is 7.45. The topological polar surface area (TPSA) is 130 Å². The smallest absolute Gasteiger partial charge is 0.169 e. The maximum absolute atomic E-state index is 7.45. The van der Waals surface area contributed by atoms with Crippen LogP contribution in [-0.2, 0) is 6.54 Å². The van der Waals surface area contributed by atoms with Crippen molar-refractivity contribution >= 4 is 29.1 Å². The normalized spacial score (nSPS) is 11.5. The zero-order chi connectivity index (χ0) is 16.9. The Labute approximate surface area is 138 Å². The first-order valence-electron chi connectivity index (χ1n) is 7.25. The lowest BCUT2D eigenvalue weighted by Crippen LogP contribution is -2.10. The lowest BCUT2D eigenvalue weighted by atomic mass is 10.2. The van der Waals surface area contributed by atoms with E-state index < -0.39 is 0 Å². The van der Waals surface area contributed by atoms with Crippen molar-refractivity contribution in [3.63, 3.8) is 0 Å². The Bertz CT molecular complexity index is 897. The number of nitrogen functional groups attached to an aromatic ring is 1. The van der Waals surface area contributed by atoms with Gasteiger partial charge in [0.15, 0.2) is 17.3 Å². The molecule has 0 fully saturated rings. The number of hydrogen-bond acceptors (Lipinski definition) is 8. The second-order valence-electron chi connectivity index (χ2n) is 4.93. The molecule has 9 heteroatoms. The number of nitrogens with two attached hydrogens (primary N) is 1. The standard InChI is InChI=1S/C15H17N9/c1-18-7-10(6-16)12-9-20-14(17)15(22-12)21-8-11-2-3-13-19-4-5-24(13)23-11/h2-7,9,16,18H,8H2,1H3,(H2,17,20)(H,21,22)/b10-7+,16-6?. The minimum absolute atomic E-state index is 0.288. The van der Waals surface area contributed by atoms with Crippen LogP contribution in [0.3, 0.4) is 0 Å². The van der Waals surface area contributed by atoms with E-state index in [0.717, 1.165) is 11.3 Å². The van der Waals surface area contributed by atoms with E-state index in [1.807, 2.05) is 12.1 Å². The van der Waals surface area contributed by atoms with Gasteiger partial charge in [0.25, 0.3) is 0 Å². The molecule has 0 saturated carbocycles. The average Bonchev–Trinajstić information content (AvgIpc) is 3.07. The van der Waals surface area contributed by atoms with E-state index in [1.165, 1.54) is 12.4 Å². The fraction of sp³-hybridized carbons (Fsp3) is 0.133. The van der Waals surface area contributed by atoms with Crippen LogP contribution in [0.5, 0.6) is 0 Å². The predicted molar refractivity (Wildman–Crippen MR) is 92.6 cm³/mol. The highest BCUT2D eigenvalue weighted by atomic mass is 15.2. The van der Waals surface area contributed by atoms with Gasteiger partial charge in [-0.3, -0.25) is 0 Å². The van der Waals surface area contributed by atoms with Crippen LogP contribution in [0, 0.1) is 5.41 Å². The van der Waals surface area contributed by atoms with Crippen LogP contribution < -0.4 is 16.4 Å². The van der Waals surface area contributed by atoms with E-state index in [0.29, 0.717) is 23.6 Å². The largest absolute Gasteiger partial charge is 0.393 e. The monoisotopic (exact) mass is 323 g/mol. The lowest BCUT2D eigenvalue weighted by Gasteiger charge is -2.09. The fourth-order valence-electron chi connectivity index (χ4n) is 2.14. The van der Waals surface area contributed by atoms with Crippen LogP contribution in [0.1, 0.15) is 11.4 Å². The highest BCUT2D eigenvalue weighted by Crippen LogP contribution is 2.17. The summed E-state index contributed by atoms with van der Waals surface area (Å²) in [5, 5.41) is 17.9. The quantitative estimate of drug-likeness (QED) is 0.496. The first-order chi connectivity index (χ1) is 11.7. The molecule has 0 spiro atoms. The van der Waals surface area contributed by atoms with E-state index >= 15 is 0 Å². The minimum atomic E-state index is 0.288. The second kappa shape index (κ2) is 6.73. The molecule has 3 aromatic heterocycles. The van der Waals surface area contributed by atoms with Crippen molar-refractivity contribution in [3.05, 3.63) is 48.3 Å². The molecule has 24 heavy (non-hydrogen) atoms. The molecule has 9 nitrogen and oxygen atoms in total. The molecule has 0 aliphatic heterocycles. The van der Waals surface area contributed by atoms with Crippen LogP contribution in [0.15, 0.2) is 36.9 Å². The van der Waals surface area contributed by atoms with Crippen LogP contribution in [0.4, 0.5) is 11.6 Å². The molecule has 5 N–H and O–H groups in total. The predicted octanol–water partition coefficient (Wildman–Crippen LogP) is 0.923. The number of nitrogens with one attached hydrogen (secondary N) is 3. The number of allylic oxidation sites excluding steroid dienone is 1. The number of nitrogens with zero attached hydrogens (tertiary/aromatic N) is 5. The average molecular weight is 323 g/mol. The second-order valence-corrected chi connectivity index (χ2v) is 4.93. The highest BCUT2D eigenvalue weighted by Gasteiger charge is 2.08. The molecule has 0 unspecified atom stereocenters. The Hall–Kier alpha value is -3.49. The molecular weight excluding hydrogens is 306 g/mol. The summed E-state index contributed by atoms with van der Waals surface area (Å²) < 4.78 is 1.70. The van der Waals surface area contributed by atoms with Crippen LogP contribution in [0.25, 0.3) is 11.2 Å². The van der Waals surface area contributed by atoms with Crippen molar-refractivity contribution < 1.29 is 0 Å². The number of hydrogen-bond donors (Lipinski definition) is 4. The fourth-order valence-corrected chi connectivity index (χ4v) is 2.14. The van der Waals surface area contributed by atoms with Gasteiger partial charge in [0, 0.05) is 37.4 Å². The Morgan fingerprint density at radius 1 is 1.38 bits per heavy atom. The first-order valence-corrected chi connectivity index (χ1v) is 7.25. The first kappa shape index (κ1) is 15.4. The summed E-state index contributed by atoms with van der Waals surface area (Å²) in [7, 11) is 1.76. The SMILES string of the molecule is CN/C=C(\C=N)c1cnc(N)c(NCc2ccc3nccn3n2)n1. The molecular formula is C15H17N9. The van der Waals surface area contributed by atoms with E-state index in [2.05, 4.69) is 30.7 Å². The van der Waals surface area contributed by atoms with Crippen molar-refractivity contribution in [2.75, 3.05) is 18.1 Å². The van der Waals surface area contributed by atoms with Gasteiger partial charge in [0.1, 0.15) is 0 Å². The molecule has 3 heterocycles. The Morgan fingerprint density at radius 2 is 2.25 bits per heavy atom. The zero-order valence-corrected chi connectivity index (χ0v) is 13.1. The summed E-state index contributed by atoms with van der Waals surface area (Å²) in [6.45, 7) is 0.437. The van der Waals surface area contributed by atoms with Crippen LogP contribution in [-0.4, -0.2) is 37.8 Å². The molecule has 0 bridgehead atoms. The van der Waals surface area contributed by atoms with Crippen molar-refractivity contribution in [3.8, 4) is 0 Å². The number of fused-ring (bicyclic) bond motifs is 1. The van der Waals surface area contributed by atoms with Gasteiger partial charge in [-0.25, -0.2) is 19.5 Å². The minimum Gasteiger partial charge on any atom is -0.393 e. The third-order valence-corrected chi connectivity index (χ3v) is 3.30. The summed E-state index contributed by atoms with van der Waals surface area (Å²) in [6.07, 6.45) is 7.89. The summed E-state index contributed by atoms with van der Waals surface area (Å²) in [4.78, 5) is 12.7. The molecule has 122 valence electrons. The third-order valence-electron chi connectivity index (χ3n) is 3.30. The van der Waals surface area contributed by atoms with Crippen molar-refractivity contribution in [1.82, 2.24) is 29.9 Å². The maximum Gasteiger partial charge on any atom is 0.169 e. The zero-order valence-electron chi connectivity index (χ0n) is 13.1. The van der Waals surface area contributed by atoms with E-state index in [4.69, 9.17) is 11.1 Å². The van der Waals surface area contributed by atoms with E-state index in [1.54, 1.807) is 30.2 Å². The Kier molecular flexibility index (Phi) is 4.32. The van der Waals surface area contributed by atoms with E-state index in [-0.39, 0.29) is 5.82 Å². The van der Waals surface area contributed by atoms with E-state index in [9.17, 15) is 0 Å². The summed E-state index contributed by atoms with van der Waals surface area (Å²) in [5.74, 6) is 0.736. The van der Waals surface area contributed by atoms with Crippen molar-refractivity contribution in [1.29, 1.82) is 5.41 Å². The molecule has 0 aliphatic carbocycles. The van der Waals surface area contributed by atoms with Gasteiger partial charge in [0.2, 0.25) is 0 Å². The molecule has 0 atom stereocenters. The Balaban J connectivity index is 1.81. The van der Waals surface area contributed by atoms with Crippen LogP contribution in [0.2, 0.25) is 0 Å². The summed E-state index contributed by atoms with van der Waals surface area (Å²) in [6, 6.07) is 3.77. The molecule has 3 aromatic rings. The van der Waals surface area contributed by atoms with Gasteiger partial charge < -0.3 is 21.8 Å². The number of aromatic nitrogens is 5. The molecule has 3 rings (SSSR count). The number of imidazole rings is 1. The summed E-state index contributed by atoms with van der Waals surface area (Å²) in [5.41, 5.74) is 8.63. The van der Waals surface area contributed by atoms with Gasteiger partial charge in [0.05, 0.1) is 24.1 Å². The molecule has 0 saturated heterocycles. The lowest BCUT2D eigenvalue weighted by molar-refractivity contribution is 0.863. The number of rotatable bonds is 6. The molecule has 0 aromatic carbocycles.